The van der Waals surface area contributed by atoms with Crippen molar-refractivity contribution >= 4 is 0 Å². The molecular weight excluding hydrogens is 360 g/mol. The van der Waals surface area contributed by atoms with E-state index in [4.69, 9.17) is 23.7 Å². The van der Waals surface area contributed by atoms with Gasteiger partial charge in [-0.25, -0.2) is 0 Å². The summed E-state index contributed by atoms with van der Waals surface area (Å²) in [6.45, 7) is 1.75. The molecule has 1 atom stereocenters. The Bertz CT molecular complexity index is 871. The fourth-order valence-electron chi connectivity index (χ4n) is 2.81. The number of rotatable bonds is 7. The highest BCUT2D eigenvalue weighted by atomic mass is 16.9. The van der Waals surface area contributed by atoms with Gasteiger partial charge in [0, 0.05) is 12.5 Å². The molecule has 6 nitrogen and oxygen atoms in total. The number of aliphatic hydroxyl groups is 1. The smallest absolute Gasteiger partial charge is 0.371 e. The van der Waals surface area contributed by atoms with Gasteiger partial charge in [0.2, 0.25) is 6.79 Å². The van der Waals surface area contributed by atoms with Gasteiger partial charge in [-0.05, 0) is 36.4 Å². The van der Waals surface area contributed by atoms with Crippen molar-refractivity contribution in [2.24, 2.45) is 0 Å². The third-order valence-corrected chi connectivity index (χ3v) is 4.10. The molecule has 0 aliphatic carbocycles. The van der Waals surface area contributed by atoms with Crippen LogP contribution in [0.25, 0.3) is 0 Å². The standard InChI is InChI=1S/C22H20O6/c1-22(26-17-8-4-2-5-9-17,27-18-10-6-3-7-11-18)28-21(23)16-12-13-19-20(14-16)25-15-24-19/h2-14,21,23H,15H2,1H3. The first kappa shape index (κ1) is 18.2. The van der Waals surface area contributed by atoms with Crippen LogP contribution in [0.4, 0.5) is 0 Å². The molecule has 4 rings (SSSR count). The van der Waals surface area contributed by atoms with Gasteiger partial charge in [-0.15, -0.1) is 0 Å². The lowest BCUT2D eigenvalue weighted by Crippen LogP contribution is -2.43. The Morgan fingerprint density at radius 1 is 0.821 bits per heavy atom. The first-order chi connectivity index (χ1) is 13.6. The van der Waals surface area contributed by atoms with Crippen molar-refractivity contribution in [3.63, 3.8) is 0 Å². The second kappa shape index (κ2) is 7.80. The zero-order valence-corrected chi connectivity index (χ0v) is 15.3. The van der Waals surface area contributed by atoms with E-state index in [1.54, 1.807) is 49.4 Å². The number of hydrogen-bond acceptors (Lipinski definition) is 6. The summed E-state index contributed by atoms with van der Waals surface area (Å²) in [5.41, 5.74) is 0.490. The minimum Gasteiger partial charge on any atom is -0.454 e. The molecule has 3 aromatic rings. The highest BCUT2D eigenvalue weighted by Gasteiger charge is 2.35. The Kier molecular flexibility index (Phi) is 5.06. The van der Waals surface area contributed by atoms with Gasteiger partial charge >= 0.3 is 5.97 Å². The lowest BCUT2D eigenvalue weighted by atomic mass is 10.2. The molecule has 0 saturated carbocycles. The van der Waals surface area contributed by atoms with Crippen LogP contribution in [0.5, 0.6) is 23.0 Å². The lowest BCUT2D eigenvalue weighted by Gasteiger charge is -2.32. The molecule has 0 amide bonds. The molecule has 0 aromatic heterocycles. The van der Waals surface area contributed by atoms with Crippen LogP contribution in [-0.2, 0) is 4.74 Å². The first-order valence-electron chi connectivity index (χ1n) is 8.85. The third kappa shape index (κ3) is 4.19. The summed E-state index contributed by atoms with van der Waals surface area (Å²) < 4.78 is 28.3. The number of ether oxygens (including phenoxy) is 5. The fraction of sp³-hybridized carbons (Fsp3) is 0.182. The Hall–Kier alpha value is -3.22. The van der Waals surface area contributed by atoms with Crippen molar-refractivity contribution < 1.29 is 28.8 Å². The van der Waals surface area contributed by atoms with Gasteiger partial charge in [-0.1, -0.05) is 42.5 Å². The van der Waals surface area contributed by atoms with Crippen molar-refractivity contribution in [2.45, 2.75) is 19.2 Å². The minimum absolute atomic E-state index is 0.154. The average molecular weight is 380 g/mol. The summed E-state index contributed by atoms with van der Waals surface area (Å²) in [5.74, 6) is 0.672. The highest BCUT2D eigenvalue weighted by Crippen LogP contribution is 2.36. The van der Waals surface area contributed by atoms with Gasteiger partial charge in [-0.2, -0.15) is 0 Å². The summed E-state index contributed by atoms with van der Waals surface area (Å²) in [7, 11) is 0. The number of aliphatic hydroxyl groups excluding tert-OH is 1. The molecular formula is C22H20O6. The molecule has 1 aliphatic rings. The second-order valence-corrected chi connectivity index (χ2v) is 6.28. The van der Waals surface area contributed by atoms with Crippen LogP contribution in [-0.4, -0.2) is 17.9 Å². The summed E-state index contributed by atoms with van der Waals surface area (Å²) in [6.07, 6.45) is -1.31. The number of fused-ring (bicyclic) bond motifs is 1. The molecule has 0 saturated heterocycles. The number of benzene rings is 3. The van der Waals surface area contributed by atoms with Crippen LogP contribution in [0.2, 0.25) is 0 Å². The molecule has 28 heavy (non-hydrogen) atoms. The van der Waals surface area contributed by atoms with Crippen molar-refractivity contribution in [2.75, 3.05) is 6.79 Å². The molecule has 3 aromatic carbocycles. The van der Waals surface area contributed by atoms with E-state index in [9.17, 15) is 5.11 Å². The van der Waals surface area contributed by atoms with Gasteiger partial charge in [0.1, 0.15) is 11.5 Å². The van der Waals surface area contributed by atoms with Crippen LogP contribution in [0.1, 0.15) is 18.8 Å². The second-order valence-electron chi connectivity index (χ2n) is 6.28. The maximum atomic E-state index is 10.7. The maximum Gasteiger partial charge on any atom is 0.371 e. The Balaban J connectivity index is 1.57. The maximum absolute atomic E-state index is 10.7. The Morgan fingerprint density at radius 3 is 2.00 bits per heavy atom. The van der Waals surface area contributed by atoms with Gasteiger partial charge in [-0.3, -0.25) is 4.74 Å². The molecule has 0 spiro atoms. The quantitative estimate of drug-likeness (QED) is 0.618. The van der Waals surface area contributed by atoms with E-state index in [1.807, 2.05) is 36.4 Å². The minimum atomic E-state index is -1.58. The van der Waals surface area contributed by atoms with Crippen LogP contribution in [0.15, 0.2) is 78.9 Å². The predicted octanol–water partition coefficient (Wildman–Crippen LogP) is 4.25. The molecule has 6 heteroatoms. The zero-order valence-electron chi connectivity index (χ0n) is 15.3. The van der Waals surface area contributed by atoms with Crippen molar-refractivity contribution in [1.82, 2.24) is 0 Å². The molecule has 1 unspecified atom stereocenters. The molecule has 0 fully saturated rings. The third-order valence-electron chi connectivity index (χ3n) is 4.10. The fourth-order valence-corrected chi connectivity index (χ4v) is 2.81. The molecule has 1 aliphatic heterocycles. The van der Waals surface area contributed by atoms with Crippen LogP contribution < -0.4 is 18.9 Å². The molecule has 144 valence electrons. The predicted molar refractivity (Wildman–Crippen MR) is 101 cm³/mol. The highest BCUT2D eigenvalue weighted by molar-refractivity contribution is 5.44. The van der Waals surface area contributed by atoms with Gasteiger partial charge < -0.3 is 24.1 Å². The number of para-hydroxylation sites is 2. The number of hydrogen-bond donors (Lipinski definition) is 1. The van der Waals surface area contributed by atoms with E-state index < -0.39 is 12.3 Å². The van der Waals surface area contributed by atoms with Crippen LogP contribution >= 0.6 is 0 Å². The van der Waals surface area contributed by atoms with E-state index in [2.05, 4.69) is 0 Å². The van der Waals surface area contributed by atoms with E-state index in [-0.39, 0.29) is 6.79 Å². The van der Waals surface area contributed by atoms with E-state index in [1.165, 1.54) is 0 Å². The van der Waals surface area contributed by atoms with Crippen LogP contribution in [0, 0.1) is 0 Å². The SMILES string of the molecule is CC(Oc1ccccc1)(Oc1ccccc1)OC(O)c1ccc2c(c1)OCO2. The topological polar surface area (TPSA) is 66.4 Å². The summed E-state index contributed by atoms with van der Waals surface area (Å²) in [5, 5.41) is 10.7. The van der Waals surface area contributed by atoms with Gasteiger partial charge in [0.15, 0.2) is 17.8 Å². The van der Waals surface area contributed by atoms with E-state index in [0.29, 0.717) is 28.6 Å². The van der Waals surface area contributed by atoms with Crippen molar-refractivity contribution in [3.8, 4) is 23.0 Å². The zero-order chi connectivity index (χ0) is 19.4. The van der Waals surface area contributed by atoms with Crippen LogP contribution in [0.3, 0.4) is 0 Å². The summed E-state index contributed by atoms with van der Waals surface area (Å²) in [6, 6.07) is 23.3. The van der Waals surface area contributed by atoms with Crippen molar-refractivity contribution in [3.05, 3.63) is 84.4 Å². The lowest BCUT2D eigenvalue weighted by molar-refractivity contribution is -0.345. The van der Waals surface area contributed by atoms with E-state index >= 15 is 0 Å². The molecule has 0 radical (unpaired) electrons. The van der Waals surface area contributed by atoms with E-state index in [0.717, 1.165) is 0 Å². The van der Waals surface area contributed by atoms with Gasteiger partial charge in [0.05, 0.1) is 0 Å². The summed E-state index contributed by atoms with van der Waals surface area (Å²) >= 11 is 0. The molecule has 1 heterocycles. The largest absolute Gasteiger partial charge is 0.454 e. The first-order valence-corrected chi connectivity index (χ1v) is 8.85. The monoisotopic (exact) mass is 380 g/mol. The van der Waals surface area contributed by atoms with Crippen molar-refractivity contribution in [1.29, 1.82) is 0 Å². The molecule has 1 N–H and O–H groups in total. The molecule has 0 bridgehead atoms. The normalized spacial score (nSPS) is 13.8. The van der Waals surface area contributed by atoms with Gasteiger partial charge in [0.25, 0.3) is 0 Å². The average Bonchev–Trinajstić information content (AvgIpc) is 3.17. The summed E-state index contributed by atoms with van der Waals surface area (Å²) in [4.78, 5) is 0. The Morgan fingerprint density at radius 2 is 1.39 bits per heavy atom. The Labute approximate surface area is 162 Å².